The van der Waals surface area contributed by atoms with Gasteiger partial charge in [0.1, 0.15) is 5.00 Å². The van der Waals surface area contributed by atoms with E-state index in [-0.39, 0.29) is 23.7 Å². The second kappa shape index (κ2) is 7.65. The Labute approximate surface area is 178 Å². The molecule has 9 nitrogen and oxygen atoms in total. The summed E-state index contributed by atoms with van der Waals surface area (Å²) in [5, 5.41) is 11.6. The van der Waals surface area contributed by atoms with E-state index >= 15 is 0 Å². The number of nitrogens with one attached hydrogen (secondary N) is 1. The van der Waals surface area contributed by atoms with Crippen molar-refractivity contribution < 1.29 is 23.5 Å². The smallest absolute Gasteiger partial charge is 0.277 e. The molecule has 0 saturated heterocycles. The van der Waals surface area contributed by atoms with E-state index in [9.17, 15) is 9.59 Å². The Morgan fingerprint density at radius 1 is 1.20 bits per heavy atom. The highest BCUT2D eigenvalue weighted by atomic mass is 32.2. The minimum atomic E-state index is -0.511. The van der Waals surface area contributed by atoms with Crippen molar-refractivity contribution in [2.45, 2.75) is 24.5 Å². The first kappa shape index (κ1) is 18.9. The van der Waals surface area contributed by atoms with Gasteiger partial charge in [-0.2, -0.15) is 0 Å². The molecule has 1 aromatic carbocycles. The summed E-state index contributed by atoms with van der Waals surface area (Å²) >= 11 is 2.54. The summed E-state index contributed by atoms with van der Waals surface area (Å²) < 4.78 is 16.3. The Hall–Kier alpha value is -3.05. The molecule has 1 aliphatic carbocycles. The Kier molecular flexibility index (Phi) is 4.83. The Balaban J connectivity index is 1.23. The molecular weight excluding hydrogens is 428 g/mol. The number of hydrogen-bond acceptors (Lipinski definition) is 9. The quantitative estimate of drug-likeness (QED) is 0.555. The lowest BCUT2D eigenvalue weighted by Crippen LogP contribution is -2.18. The first-order valence-electron chi connectivity index (χ1n) is 9.19. The molecule has 0 bridgehead atoms. The van der Waals surface area contributed by atoms with Crippen molar-refractivity contribution in [1.29, 1.82) is 0 Å². The number of hydrogen-bond donors (Lipinski definition) is 2. The highest BCUT2D eigenvalue weighted by molar-refractivity contribution is 7.99. The predicted octanol–water partition coefficient (Wildman–Crippen LogP) is 2.85. The number of nitrogens with zero attached hydrogens (tertiary/aromatic N) is 2. The van der Waals surface area contributed by atoms with Gasteiger partial charge in [-0.15, -0.1) is 21.5 Å². The van der Waals surface area contributed by atoms with Crippen molar-refractivity contribution >= 4 is 39.9 Å². The number of amides is 2. The van der Waals surface area contributed by atoms with E-state index in [2.05, 4.69) is 15.5 Å². The third-order valence-corrected chi connectivity index (χ3v) is 6.80. The van der Waals surface area contributed by atoms with Gasteiger partial charge < -0.3 is 24.9 Å². The largest absolute Gasteiger partial charge is 0.454 e. The molecule has 3 aromatic rings. The number of carbonyl (C=O) groups excluding carboxylic acids is 2. The van der Waals surface area contributed by atoms with Gasteiger partial charge in [-0.05, 0) is 43.0 Å². The van der Waals surface area contributed by atoms with E-state index in [1.807, 2.05) is 0 Å². The number of anilines is 1. The van der Waals surface area contributed by atoms with E-state index in [0.717, 1.165) is 41.5 Å². The zero-order valence-corrected chi connectivity index (χ0v) is 17.2. The van der Waals surface area contributed by atoms with Gasteiger partial charge in [0, 0.05) is 10.4 Å². The summed E-state index contributed by atoms with van der Waals surface area (Å²) in [6.45, 7) is 0.184. The second-order valence-corrected chi connectivity index (χ2v) is 8.74. The highest BCUT2D eigenvalue weighted by Crippen LogP contribution is 2.39. The maximum atomic E-state index is 12.4. The average Bonchev–Trinajstić information content (AvgIpc) is 3.48. The van der Waals surface area contributed by atoms with E-state index in [0.29, 0.717) is 33.5 Å². The minimum absolute atomic E-state index is 0.0591. The van der Waals surface area contributed by atoms with Gasteiger partial charge in [0.15, 0.2) is 11.5 Å². The normalized spacial score (nSPS) is 14.0. The summed E-state index contributed by atoms with van der Waals surface area (Å²) in [7, 11) is 0. The van der Waals surface area contributed by atoms with Crippen LogP contribution in [0.1, 0.15) is 27.2 Å². The molecule has 0 fully saturated rings. The van der Waals surface area contributed by atoms with Crippen molar-refractivity contribution in [2.75, 3.05) is 17.9 Å². The van der Waals surface area contributed by atoms with Gasteiger partial charge in [-0.25, -0.2) is 0 Å². The number of thioether (sulfide) groups is 1. The third kappa shape index (κ3) is 3.50. The van der Waals surface area contributed by atoms with E-state index < -0.39 is 5.91 Å². The number of thiophene rings is 1. The average molecular weight is 444 g/mol. The topological polar surface area (TPSA) is 130 Å². The molecule has 154 valence electrons. The number of benzene rings is 1. The van der Waals surface area contributed by atoms with Crippen LogP contribution in [0.4, 0.5) is 5.00 Å². The molecule has 2 aromatic heterocycles. The molecule has 1 aliphatic heterocycles. The standard InChI is InChI=1S/C19H16N4O5S2/c20-16(25)15-10-2-1-3-13(10)30-18(15)21-14(24)7-29-19-23-22-17(28-19)9-4-5-11-12(6-9)27-8-26-11/h4-6H,1-3,7-8H2,(H2,20,25)(H,21,24). The summed E-state index contributed by atoms with van der Waals surface area (Å²) in [5.74, 6) is 0.880. The maximum absolute atomic E-state index is 12.4. The molecule has 2 aliphatic rings. The van der Waals surface area contributed by atoms with Crippen LogP contribution in [-0.4, -0.2) is 34.6 Å². The van der Waals surface area contributed by atoms with Gasteiger partial charge in [-0.3, -0.25) is 9.59 Å². The zero-order valence-electron chi connectivity index (χ0n) is 15.6. The second-order valence-electron chi connectivity index (χ2n) is 6.70. The number of aromatic nitrogens is 2. The van der Waals surface area contributed by atoms with Crippen LogP contribution in [0.15, 0.2) is 27.8 Å². The van der Waals surface area contributed by atoms with Gasteiger partial charge in [0.05, 0.1) is 11.3 Å². The number of aryl methyl sites for hydroxylation is 1. The van der Waals surface area contributed by atoms with Gasteiger partial charge in [0.2, 0.25) is 18.6 Å². The summed E-state index contributed by atoms with van der Waals surface area (Å²) in [4.78, 5) is 25.4. The monoisotopic (exact) mass is 444 g/mol. The molecule has 3 heterocycles. The zero-order chi connectivity index (χ0) is 20.7. The number of fused-ring (bicyclic) bond motifs is 2. The number of rotatable bonds is 6. The van der Waals surface area contributed by atoms with Crippen LogP contribution in [0.5, 0.6) is 11.5 Å². The lowest BCUT2D eigenvalue weighted by Gasteiger charge is -2.05. The first-order valence-corrected chi connectivity index (χ1v) is 11.0. The van der Waals surface area contributed by atoms with Gasteiger partial charge >= 0.3 is 0 Å². The lowest BCUT2D eigenvalue weighted by atomic mass is 10.1. The van der Waals surface area contributed by atoms with Crippen molar-refractivity contribution in [1.82, 2.24) is 10.2 Å². The van der Waals surface area contributed by atoms with Crippen molar-refractivity contribution in [2.24, 2.45) is 5.73 Å². The van der Waals surface area contributed by atoms with Gasteiger partial charge in [-0.1, -0.05) is 11.8 Å². The van der Waals surface area contributed by atoms with Crippen molar-refractivity contribution in [3.05, 3.63) is 34.2 Å². The highest BCUT2D eigenvalue weighted by Gasteiger charge is 2.26. The van der Waals surface area contributed by atoms with Crippen LogP contribution in [0, 0.1) is 0 Å². The Morgan fingerprint density at radius 3 is 2.93 bits per heavy atom. The van der Waals surface area contributed by atoms with Gasteiger partial charge in [0.25, 0.3) is 11.1 Å². The summed E-state index contributed by atoms with van der Waals surface area (Å²) in [6, 6.07) is 5.33. The van der Waals surface area contributed by atoms with E-state index in [1.54, 1.807) is 18.2 Å². The van der Waals surface area contributed by atoms with Crippen LogP contribution in [0.2, 0.25) is 0 Å². The fraction of sp³-hybridized carbons (Fsp3) is 0.263. The van der Waals surface area contributed by atoms with Crippen LogP contribution in [0.3, 0.4) is 0 Å². The fourth-order valence-corrected chi connectivity index (χ4v) is 5.33. The SMILES string of the molecule is NC(=O)c1c(NC(=O)CSc2nnc(-c3ccc4c(c3)OCO4)o2)sc2c1CCC2. The van der Waals surface area contributed by atoms with Crippen LogP contribution in [-0.2, 0) is 17.6 Å². The molecular formula is C19H16N4O5S2. The van der Waals surface area contributed by atoms with Crippen LogP contribution < -0.4 is 20.5 Å². The molecule has 2 amide bonds. The molecule has 0 saturated carbocycles. The third-order valence-electron chi connectivity index (χ3n) is 4.77. The first-order chi connectivity index (χ1) is 14.6. The Morgan fingerprint density at radius 2 is 2.07 bits per heavy atom. The van der Waals surface area contributed by atoms with Crippen molar-refractivity contribution in [3.8, 4) is 23.0 Å². The van der Waals surface area contributed by atoms with Crippen LogP contribution >= 0.6 is 23.1 Å². The number of carbonyl (C=O) groups is 2. The maximum Gasteiger partial charge on any atom is 0.277 e. The molecule has 0 spiro atoms. The van der Waals surface area contributed by atoms with E-state index in [1.165, 1.54) is 11.3 Å². The lowest BCUT2D eigenvalue weighted by molar-refractivity contribution is -0.113. The predicted molar refractivity (Wildman–Crippen MR) is 110 cm³/mol. The Bertz CT molecular complexity index is 1160. The summed E-state index contributed by atoms with van der Waals surface area (Å²) in [6.07, 6.45) is 2.74. The molecule has 0 atom stereocenters. The number of nitrogens with two attached hydrogens (primary N) is 1. The van der Waals surface area contributed by atoms with Crippen LogP contribution in [0.25, 0.3) is 11.5 Å². The molecule has 11 heteroatoms. The van der Waals surface area contributed by atoms with E-state index in [4.69, 9.17) is 19.6 Å². The summed E-state index contributed by atoms with van der Waals surface area (Å²) in [5.41, 5.74) is 7.63. The molecule has 30 heavy (non-hydrogen) atoms. The molecule has 5 rings (SSSR count). The molecule has 3 N–H and O–H groups in total. The number of primary amides is 1. The molecule has 0 unspecified atom stereocenters. The number of ether oxygens (including phenoxy) is 2. The van der Waals surface area contributed by atoms with Crippen molar-refractivity contribution in [3.63, 3.8) is 0 Å². The minimum Gasteiger partial charge on any atom is -0.454 e. The fourth-order valence-electron chi connectivity index (χ4n) is 3.46. The molecule has 0 radical (unpaired) electrons.